The number of nitrogens with zero attached hydrogens (tertiary/aromatic N) is 3. The number of hydrogen-bond donors (Lipinski definition) is 2. The maximum Gasteiger partial charge on any atom is 0.229 e. The van der Waals surface area contributed by atoms with Gasteiger partial charge in [-0.05, 0) is 30.5 Å². The second-order valence-electron chi connectivity index (χ2n) is 4.02. The number of halogens is 1. The van der Waals surface area contributed by atoms with Crippen LogP contribution in [-0.2, 0) is 6.42 Å². The van der Waals surface area contributed by atoms with E-state index in [9.17, 15) is 0 Å². The Hall–Kier alpha value is -1.88. The molecule has 0 saturated carbocycles. The Morgan fingerprint density at radius 3 is 2.61 bits per heavy atom. The molecule has 5 nitrogen and oxygen atoms in total. The minimum Gasteiger partial charge on any atom is -0.368 e. The quantitative estimate of drug-likeness (QED) is 0.884. The van der Waals surface area contributed by atoms with Gasteiger partial charge >= 0.3 is 0 Å². The zero-order valence-corrected chi connectivity index (χ0v) is 10.7. The van der Waals surface area contributed by atoms with E-state index in [1.807, 2.05) is 25.1 Å². The third-order valence-electron chi connectivity index (χ3n) is 2.39. The third kappa shape index (κ3) is 3.56. The lowest BCUT2D eigenvalue weighted by Gasteiger charge is -2.13. The molecule has 94 valence electrons. The van der Waals surface area contributed by atoms with Crippen LogP contribution in [0.25, 0.3) is 0 Å². The van der Waals surface area contributed by atoms with Crippen LogP contribution < -0.4 is 11.1 Å². The van der Waals surface area contributed by atoms with Gasteiger partial charge in [0.2, 0.25) is 17.2 Å². The summed E-state index contributed by atoms with van der Waals surface area (Å²) in [6.07, 6.45) is 0.865. The van der Waals surface area contributed by atoms with Crippen molar-refractivity contribution in [3.8, 4) is 0 Å². The smallest absolute Gasteiger partial charge is 0.229 e. The summed E-state index contributed by atoms with van der Waals surface area (Å²) < 4.78 is 0. The molecule has 0 amide bonds. The van der Waals surface area contributed by atoms with Crippen molar-refractivity contribution in [1.82, 2.24) is 15.0 Å². The number of hydrogen-bond acceptors (Lipinski definition) is 5. The highest BCUT2D eigenvalue weighted by atomic mass is 35.5. The molecule has 2 rings (SSSR count). The molecule has 1 aromatic carbocycles. The molecule has 1 unspecified atom stereocenters. The SMILES string of the molecule is CC(Cc1ccccc1)Nc1nc(N)nc(Cl)n1. The first-order chi connectivity index (χ1) is 8.63. The number of benzene rings is 1. The Bertz CT molecular complexity index is 497. The van der Waals surface area contributed by atoms with Crippen LogP contribution in [0.2, 0.25) is 5.28 Å². The van der Waals surface area contributed by atoms with Crippen molar-refractivity contribution >= 4 is 23.5 Å². The highest BCUT2D eigenvalue weighted by Crippen LogP contribution is 2.10. The van der Waals surface area contributed by atoms with Crippen LogP contribution in [0.1, 0.15) is 12.5 Å². The molecule has 1 aromatic heterocycles. The van der Waals surface area contributed by atoms with E-state index in [0.717, 1.165) is 6.42 Å². The third-order valence-corrected chi connectivity index (χ3v) is 2.55. The van der Waals surface area contributed by atoms with Crippen molar-refractivity contribution in [2.75, 3.05) is 11.1 Å². The van der Waals surface area contributed by atoms with Crippen molar-refractivity contribution in [2.45, 2.75) is 19.4 Å². The van der Waals surface area contributed by atoms with Crippen molar-refractivity contribution in [1.29, 1.82) is 0 Å². The molecule has 1 atom stereocenters. The summed E-state index contributed by atoms with van der Waals surface area (Å²) in [5.41, 5.74) is 6.74. The Balaban J connectivity index is 2.01. The molecule has 0 aliphatic carbocycles. The molecule has 6 heteroatoms. The maximum atomic E-state index is 5.71. The van der Waals surface area contributed by atoms with Gasteiger partial charge in [-0.1, -0.05) is 30.3 Å². The number of nitrogen functional groups attached to an aromatic ring is 1. The Morgan fingerprint density at radius 1 is 1.22 bits per heavy atom. The van der Waals surface area contributed by atoms with Crippen LogP contribution in [-0.4, -0.2) is 21.0 Å². The predicted molar refractivity (Wildman–Crippen MR) is 72.5 cm³/mol. The summed E-state index contributed by atoms with van der Waals surface area (Å²) in [6, 6.07) is 10.3. The fourth-order valence-electron chi connectivity index (χ4n) is 1.67. The molecule has 2 aromatic rings. The first-order valence-electron chi connectivity index (χ1n) is 5.61. The lowest BCUT2D eigenvalue weighted by atomic mass is 10.1. The fraction of sp³-hybridized carbons (Fsp3) is 0.250. The van der Waals surface area contributed by atoms with Crippen molar-refractivity contribution < 1.29 is 0 Å². The highest BCUT2D eigenvalue weighted by Gasteiger charge is 2.07. The van der Waals surface area contributed by atoms with E-state index in [4.69, 9.17) is 17.3 Å². The zero-order chi connectivity index (χ0) is 13.0. The van der Waals surface area contributed by atoms with Crippen LogP contribution in [0, 0.1) is 0 Å². The predicted octanol–water partition coefficient (Wildman–Crippen LogP) is 2.15. The molecule has 0 fully saturated rings. The number of nitrogens with one attached hydrogen (secondary N) is 1. The Morgan fingerprint density at radius 2 is 1.94 bits per heavy atom. The number of nitrogens with two attached hydrogens (primary N) is 1. The Kier molecular flexibility index (Phi) is 3.94. The van der Waals surface area contributed by atoms with Crippen LogP contribution in [0.15, 0.2) is 30.3 Å². The van der Waals surface area contributed by atoms with Crippen molar-refractivity contribution in [3.63, 3.8) is 0 Å². The van der Waals surface area contributed by atoms with E-state index >= 15 is 0 Å². The van der Waals surface area contributed by atoms with E-state index in [1.54, 1.807) is 0 Å². The first kappa shape index (κ1) is 12.6. The maximum absolute atomic E-state index is 5.71. The highest BCUT2D eigenvalue weighted by molar-refractivity contribution is 6.28. The van der Waals surface area contributed by atoms with Gasteiger partial charge < -0.3 is 11.1 Å². The summed E-state index contributed by atoms with van der Waals surface area (Å²) in [4.78, 5) is 11.6. The normalized spacial score (nSPS) is 12.1. The van der Waals surface area contributed by atoms with Gasteiger partial charge in [-0.15, -0.1) is 0 Å². The van der Waals surface area contributed by atoms with E-state index in [0.29, 0.717) is 5.95 Å². The lowest BCUT2D eigenvalue weighted by molar-refractivity contribution is 0.775. The summed E-state index contributed by atoms with van der Waals surface area (Å²) in [5.74, 6) is 0.514. The minimum atomic E-state index is 0.0944. The van der Waals surface area contributed by atoms with Crippen LogP contribution in [0.3, 0.4) is 0 Å². The molecule has 0 aliphatic heterocycles. The van der Waals surface area contributed by atoms with E-state index in [2.05, 4.69) is 32.4 Å². The standard InChI is InChI=1S/C12H14ClN5/c1-8(7-9-5-3-2-4-6-9)15-12-17-10(13)16-11(14)18-12/h2-6,8H,7H2,1H3,(H3,14,15,16,17,18). The molecule has 0 saturated heterocycles. The van der Waals surface area contributed by atoms with Gasteiger partial charge in [0, 0.05) is 6.04 Å². The fourth-order valence-corrected chi connectivity index (χ4v) is 1.84. The average molecular weight is 264 g/mol. The molecule has 3 N–H and O–H groups in total. The molecule has 0 radical (unpaired) electrons. The zero-order valence-electron chi connectivity index (χ0n) is 9.97. The van der Waals surface area contributed by atoms with Crippen molar-refractivity contribution in [2.24, 2.45) is 0 Å². The Labute approximate surface area is 110 Å². The number of rotatable bonds is 4. The summed E-state index contributed by atoms with van der Waals surface area (Å²) in [5, 5.41) is 3.24. The number of aromatic nitrogens is 3. The largest absolute Gasteiger partial charge is 0.368 e. The van der Waals surface area contributed by atoms with Gasteiger partial charge in [0.25, 0.3) is 0 Å². The molecule has 1 heterocycles. The lowest BCUT2D eigenvalue weighted by Crippen LogP contribution is -2.20. The monoisotopic (exact) mass is 263 g/mol. The van der Waals surface area contributed by atoms with Crippen molar-refractivity contribution in [3.05, 3.63) is 41.2 Å². The summed E-state index contributed by atoms with van der Waals surface area (Å²) in [7, 11) is 0. The summed E-state index contributed by atoms with van der Waals surface area (Å²) in [6.45, 7) is 2.04. The van der Waals surface area contributed by atoms with Crippen LogP contribution in [0.5, 0.6) is 0 Å². The molecule has 0 bridgehead atoms. The second kappa shape index (κ2) is 5.64. The van der Waals surface area contributed by atoms with Gasteiger partial charge in [-0.3, -0.25) is 0 Å². The molecule has 0 aliphatic rings. The van der Waals surface area contributed by atoms with Gasteiger partial charge in [0.15, 0.2) is 0 Å². The van der Waals surface area contributed by atoms with Crippen LogP contribution >= 0.6 is 11.6 Å². The summed E-state index contributed by atoms with van der Waals surface area (Å²) >= 11 is 5.71. The molecular formula is C12H14ClN5. The second-order valence-corrected chi connectivity index (χ2v) is 4.36. The van der Waals surface area contributed by atoms with E-state index in [-0.39, 0.29) is 17.3 Å². The van der Waals surface area contributed by atoms with E-state index in [1.165, 1.54) is 5.56 Å². The van der Waals surface area contributed by atoms with E-state index < -0.39 is 0 Å². The average Bonchev–Trinajstić information content (AvgIpc) is 2.28. The first-order valence-corrected chi connectivity index (χ1v) is 5.99. The van der Waals surface area contributed by atoms with Gasteiger partial charge in [0.1, 0.15) is 0 Å². The van der Waals surface area contributed by atoms with Gasteiger partial charge in [0.05, 0.1) is 0 Å². The van der Waals surface area contributed by atoms with Gasteiger partial charge in [-0.2, -0.15) is 15.0 Å². The molecule has 0 spiro atoms. The minimum absolute atomic E-state index is 0.0944. The van der Waals surface area contributed by atoms with Gasteiger partial charge in [-0.25, -0.2) is 0 Å². The molecular weight excluding hydrogens is 250 g/mol. The number of anilines is 2. The molecule has 18 heavy (non-hydrogen) atoms. The van der Waals surface area contributed by atoms with Crippen LogP contribution in [0.4, 0.5) is 11.9 Å². The topological polar surface area (TPSA) is 76.7 Å².